The number of ether oxygens (including phenoxy) is 1. The van der Waals surface area contributed by atoms with E-state index in [1.54, 1.807) is 35.5 Å². The zero-order chi connectivity index (χ0) is 29.1. The van der Waals surface area contributed by atoms with E-state index in [0.29, 0.717) is 47.9 Å². The number of anilines is 3. The van der Waals surface area contributed by atoms with Gasteiger partial charge in [0.15, 0.2) is 0 Å². The van der Waals surface area contributed by atoms with Crippen molar-refractivity contribution in [3.05, 3.63) is 89.7 Å². The number of amides is 2. The van der Waals surface area contributed by atoms with Crippen LogP contribution in [-0.2, 0) is 11.3 Å². The number of nitrogens with zero attached hydrogens (tertiary/aromatic N) is 6. The molecular weight excluding hydrogens is 528 g/mol. The standard InChI is InChI=1S/C33H32N6O3/c1-2-16-42-32(40)25-10-11-28-29(18-25)35-22-36-31(28)37-14-12-23(13-15-37)20-38-21-26-7-3-4-9-30(26)39(33(38)41)27-8-5-6-24(17-27)19-34/h3-11,17-18,22-23H,2,12-16,20-21H2,1H3. The van der Waals surface area contributed by atoms with Crippen LogP contribution in [0, 0.1) is 17.2 Å². The molecule has 212 valence electrons. The maximum Gasteiger partial charge on any atom is 0.338 e. The highest BCUT2D eigenvalue weighted by atomic mass is 16.5. The fourth-order valence-corrected chi connectivity index (χ4v) is 5.83. The Balaban J connectivity index is 1.16. The van der Waals surface area contributed by atoms with Gasteiger partial charge in [-0.1, -0.05) is 31.2 Å². The quantitative estimate of drug-likeness (QED) is 0.253. The van der Waals surface area contributed by atoms with Crippen LogP contribution in [0.5, 0.6) is 0 Å². The molecule has 0 aliphatic carbocycles. The van der Waals surface area contributed by atoms with E-state index in [2.05, 4.69) is 27.0 Å². The van der Waals surface area contributed by atoms with Gasteiger partial charge in [-0.25, -0.2) is 19.6 Å². The Morgan fingerprint density at radius 1 is 1.05 bits per heavy atom. The predicted octanol–water partition coefficient (Wildman–Crippen LogP) is 6.06. The number of fused-ring (bicyclic) bond motifs is 2. The highest BCUT2D eigenvalue weighted by Crippen LogP contribution is 2.36. The molecule has 1 aromatic heterocycles. The Hall–Kier alpha value is -4.97. The second-order valence-corrected chi connectivity index (χ2v) is 10.8. The van der Waals surface area contributed by atoms with E-state index in [1.165, 1.54) is 0 Å². The molecule has 1 saturated heterocycles. The number of carbonyl (C=O) groups excluding carboxylic acids is 2. The largest absolute Gasteiger partial charge is 0.462 e. The van der Waals surface area contributed by atoms with Crippen LogP contribution in [0.1, 0.15) is 47.7 Å². The molecular formula is C33H32N6O3. The van der Waals surface area contributed by atoms with Gasteiger partial charge in [-0.2, -0.15) is 5.26 Å². The van der Waals surface area contributed by atoms with E-state index in [4.69, 9.17) is 4.74 Å². The predicted molar refractivity (Wildman–Crippen MR) is 161 cm³/mol. The fourth-order valence-electron chi connectivity index (χ4n) is 5.83. The van der Waals surface area contributed by atoms with Crippen LogP contribution >= 0.6 is 0 Å². The van der Waals surface area contributed by atoms with E-state index in [-0.39, 0.29) is 12.0 Å². The third kappa shape index (κ3) is 5.36. The Morgan fingerprint density at radius 3 is 2.69 bits per heavy atom. The monoisotopic (exact) mass is 560 g/mol. The van der Waals surface area contributed by atoms with Crippen LogP contribution in [0.15, 0.2) is 73.1 Å². The zero-order valence-electron chi connectivity index (χ0n) is 23.6. The van der Waals surface area contributed by atoms with Crippen LogP contribution in [0.3, 0.4) is 0 Å². The highest BCUT2D eigenvalue weighted by Gasteiger charge is 2.33. The minimum Gasteiger partial charge on any atom is -0.462 e. The van der Waals surface area contributed by atoms with E-state index in [9.17, 15) is 14.9 Å². The zero-order valence-corrected chi connectivity index (χ0v) is 23.6. The van der Waals surface area contributed by atoms with Gasteiger partial charge in [0.25, 0.3) is 0 Å². The van der Waals surface area contributed by atoms with Crippen LogP contribution in [0.2, 0.25) is 0 Å². The van der Waals surface area contributed by atoms with Crippen LogP contribution in [0.4, 0.5) is 22.0 Å². The van der Waals surface area contributed by atoms with Crippen LogP contribution in [-0.4, -0.2) is 53.1 Å². The number of hydrogen-bond donors (Lipinski definition) is 0. The maximum atomic E-state index is 13.8. The number of hydrogen-bond acceptors (Lipinski definition) is 7. The topological polar surface area (TPSA) is 103 Å². The van der Waals surface area contributed by atoms with E-state index < -0.39 is 0 Å². The molecule has 0 saturated carbocycles. The lowest BCUT2D eigenvalue weighted by Gasteiger charge is -2.40. The van der Waals surface area contributed by atoms with Crippen molar-refractivity contribution in [1.29, 1.82) is 5.26 Å². The summed E-state index contributed by atoms with van der Waals surface area (Å²) in [6.07, 6.45) is 4.16. The molecule has 0 bridgehead atoms. The summed E-state index contributed by atoms with van der Waals surface area (Å²) in [6, 6.07) is 22.7. The molecule has 0 atom stereocenters. The summed E-state index contributed by atoms with van der Waals surface area (Å²) in [6.45, 7) is 5.19. The molecule has 0 radical (unpaired) electrons. The van der Waals surface area contributed by atoms with Gasteiger partial charge in [-0.3, -0.25) is 4.90 Å². The average Bonchev–Trinajstić information content (AvgIpc) is 3.04. The molecule has 2 amide bonds. The first-order valence-corrected chi connectivity index (χ1v) is 14.4. The summed E-state index contributed by atoms with van der Waals surface area (Å²) >= 11 is 0. The van der Waals surface area contributed by atoms with Crippen molar-refractivity contribution in [2.24, 2.45) is 5.92 Å². The third-order valence-corrected chi connectivity index (χ3v) is 7.97. The molecule has 1 fully saturated rings. The number of aromatic nitrogens is 2. The fraction of sp³-hybridized carbons (Fsp3) is 0.303. The van der Waals surface area contributed by atoms with Crippen LogP contribution in [0.25, 0.3) is 10.9 Å². The first kappa shape index (κ1) is 27.2. The minimum absolute atomic E-state index is 0.0683. The summed E-state index contributed by atoms with van der Waals surface area (Å²) in [7, 11) is 0. The third-order valence-electron chi connectivity index (χ3n) is 7.97. The average molecular weight is 561 g/mol. The molecule has 3 aromatic carbocycles. The van der Waals surface area contributed by atoms with Crippen molar-refractivity contribution < 1.29 is 14.3 Å². The second-order valence-electron chi connectivity index (χ2n) is 10.8. The van der Waals surface area contributed by atoms with Crippen molar-refractivity contribution in [1.82, 2.24) is 14.9 Å². The Kier molecular flexibility index (Phi) is 7.69. The summed E-state index contributed by atoms with van der Waals surface area (Å²) < 4.78 is 5.28. The molecule has 2 aliphatic heterocycles. The Morgan fingerprint density at radius 2 is 1.88 bits per heavy atom. The first-order valence-electron chi connectivity index (χ1n) is 14.4. The van der Waals surface area contributed by atoms with Crippen molar-refractivity contribution in [2.75, 3.05) is 36.0 Å². The minimum atomic E-state index is -0.342. The van der Waals surface area contributed by atoms with Crippen LogP contribution < -0.4 is 9.80 Å². The molecule has 0 unspecified atom stereocenters. The molecule has 9 heteroatoms. The highest BCUT2D eigenvalue weighted by molar-refractivity contribution is 6.02. The van der Waals surface area contributed by atoms with Gasteiger partial charge < -0.3 is 14.5 Å². The molecule has 3 heterocycles. The molecule has 4 aromatic rings. The molecule has 2 aliphatic rings. The summed E-state index contributed by atoms with van der Waals surface area (Å²) in [5, 5.41) is 10.3. The summed E-state index contributed by atoms with van der Waals surface area (Å²) in [4.78, 5) is 41.1. The number of benzene rings is 3. The SMILES string of the molecule is CCCOC(=O)c1ccc2c(N3CCC(CN4Cc5ccccc5N(c5cccc(C#N)c5)C4=O)CC3)ncnc2c1. The lowest BCUT2D eigenvalue weighted by molar-refractivity contribution is 0.0505. The van der Waals surface area contributed by atoms with Crippen molar-refractivity contribution in [3.8, 4) is 6.07 Å². The van der Waals surface area contributed by atoms with E-state index >= 15 is 0 Å². The normalized spacial score (nSPS) is 15.4. The Bertz CT molecular complexity index is 1670. The van der Waals surface area contributed by atoms with Gasteiger partial charge in [-0.15, -0.1) is 0 Å². The summed E-state index contributed by atoms with van der Waals surface area (Å²) in [5.74, 6) is 0.861. The van der Waals surface area contributed by atoms with Gasteiger partial charge in [0.1, 0.15) is 12.1 Å². The maximum absolute atomic E-state index is 13.8. The molecule has 0 spiro atoms. The van der Waals surface area contributed by atoms with Gasteiger partial charge >= 0.3 is 12.0 Å². The second kappa shape index (κ2) is 11.9. The molecule has 6 rings (SSSR count). The summed E-state index contributed by atoms with van der Waals surface area (Å²) in [5.41, 5.74) is 4.37. The number of piperidine rings is 1. The number of urea groups is 1. The number of rotatable bonds is 7. The van der Waals surface area contributed by atoms with Crippen molar-refractivity contribution in [2.45, 2.75) is 32.7 Å². The van der Waals surface area contributed by atoms with Gasteiger partial charge in [-0.05, 0) is 73.2 Å². The Labute approximate surface area is 245 Å². The first-order chi connectivity index (χ1) is 20.6. The van der Waals surface area contributed by atoms with Gasteiger partial charge in [0.2, 0.25) is 0 Å². The molecule has 9 nitrogen and oxygen atoms in total. The molecule has 0 N–H and O–H groups in total. The molecule has 42 heavy (non-hydrogen) atoms. The van der Waals surface area contributed by atoms with Crippen molar-refractivity contribution in [3.63, 3.8) is 0 Å². The van der Waals surface area contributed by atoms with Gasteiger partial charge in [0.05, 0.1) is 40.7 Å². The lowest BCUT2D eigenvalue weighted by atomic mass is 9.95. The van der Waals surface area contributed by atoms with E-state index in [1.807, 2.05) is 48.2 Å². The number of esters is 1. The smallest absolute Gasteiger partial charge is 0.338 e. The lowest BCUT2D eigenvalue weighted by Crippen LogP contribution is -2.48. The number of carbonyl (C=O) groups is 2. The number of para-hydroxylation sites is 1. The van der Waals surface area contributed by atoms with E-state index in [0.717, 1.165) is 54.8 Å². The number of nitriles is 1. The van der Waals surface area contributed by atoms with Crippen molar-refractivity contribution >= 4 is 40.1 Å². The van der Waals surface area contributed by atoms with Gasteiger partial charge in [0, 0.05) is 31.6 Å².